The zero-order valence-corrected chi connectivity index (χ0v) is 8.90. The molecule has 0 aliphatic heterocycles. The summed E-state index contributed by atoms with van der Waals surface area (Å²) in [5.41, 5.74) is -0.0183. The SMILES string of the molecule is CC(C)(C#N)Cc1ccc(Cl)cc1F. The van der Waals surface area contributed by atoms with E-state index in [9.17, 15) is 4.39 Å². The van der Waals surface area contributed by atoms with Crippen molar-refractivity contribution in [2.45, 2.75) is 20.3 Å². The number of hydrogen-bond donors (Lipinski definition) is 0. The highest BCUT2D eigenvalue weighted by Gasteiger charge is 2.19. The predicted molar refractivity (Wildman–Crippen MR) is 54.5 cm³/mol. The molecule has 0 N–H and O–H groups in total. The van der Waals surface area contributed by atoms with E-state index in [4.69, 9.17) is 16.9 Å². The van der Waals surface area contributed by atoms with Crippen molar-refractivity contribution in [3.05, 3.63) is 34.6 Å². The standard InChI is InChI=1S/C11H11ClFN/c1-11(2,7-14)6-8-3-4-9(12)5-10(8)13/h3-5H,6H2,1-2H3. The van der Waals surface area contributed by atoms with E-state index >= 15 is 0 Å². The molecule has 0 radical (unpaired) electrons. The molecular formula is C11H11ClFN. The zero-order chi connectivity index (χ0) is 10.8. The van der Waals surface area contributed by atoms with Crippen LogP contribution in [0.2, 0.25) is 5.02 Å². The van der Waals surface area contributed by atoms with E-state index in [2.05, 4.69) is 6.07 Å². The molecule has 0 amide bonds. The molecule has 1 nitrogen and oxygen atoms in total. The molecule has 0 aliphatic rings. The van der Waals surface area contributed by atoms with Gasteiger partial charge in [0.05, 0.1) is 11.5 Å². The lowest BCUT2D eigenvalue weighted by atomic mass is 9.87. The van der Waals surface area contributed by atoms with Crippen LogP contribution in [0, 0.1) is 22.6 Å². The Hall–Kier alpha value is -1.07. The van der Waals surface area contributed by atoms with Crippen LogP contribution in [-0.2, 0) is 6.42 Å². The Labute approximate surface area is 88.1 Å². The molecule has 0 spiro atoms. The average molecular weight is 212 g/mol. The summed E-state index contributed by atoms with van der Waals surface area (Å²) in [6.45, 7) is 3.56. The second-order valence-corrected chi connectivity index (χ2v) is 4.34. The predicted octanol–water partition coefficient (Wildman–Crippen LogP) is 3.57. The first-order chi connectivity index (χ1) is 6.44. The lowest BCUT2D eigenvalue weighted by molar-refractivity contribution is 0.476. The Balaban J connectivity index is 2.94. The Morgan fingerprint density at radius 3 is 2.64 bits per heavy atom. The van der Waals surface area contributed by atoms with Gasteiger partial charge < -0.3 is 0 Å². The topological polar surface area (TPSA) is 23.8 Å². The maximum Gasteiger partial charge on any atom is 0.127 e. The molecule has 1 aromatic rings. The monoisotopic (exact) mass is 211 g/mol. The first kappa shape index (κ1) is 11.0. The highest BCUT2D eigenvalue weighted by molar-refractivity contribution is 6.30. The summed E-state index contributed by atoms with van der Waals surface area (Å²) in [6.07, 6.45) is 0.395. The van der Waals surface area contributed by atoms with Gasteiger partial charge in [0.15, 0.2) is 0 Å². The summed E-state index contributed by atoms with van der Waals surface area (Å²) in [7, 11) is 0. The van der Waals surface area contributed by atoms with Gasteiger partial charge >= 0.3 is 0 Å². The van der Waals surface area contributed by atoms with Gasteiger partial charge in [-0.3, -0.25) is 0 Å². The van der Waals surface area contributed by atoms with Crippen LogP contribution in [0.3, 0.4) is 0 Å². The van der Waals surface area contributed by atoms with Crippen LogP contribution in [-0.4, -0.2) is 0 Å². The molecule has 0 bridgehead atoms. The molecule has 74 valence electrons. The number of rotatable bonds is 2. The van der Waals surface area contributed by atoms with Crippen LogP contribution in [0.15, 0.2) is 18.2 Å². The molecule has 0 unspecified atom stereocenters. The summed E-state index contributed by atoms with van der Waals surface area (Å²) < 4.78 is 13.3. The van der Waals surface area contributed by atoms with Gasteiger partial charge in [-0.05, 0) is 38.0 Å². The number of nitrogens with zero attached hydrogens (tertiary/aromatic N) is 1. The van der Waals surface area contributed by atoms with Crippen LogP contribution in [0.1, 0.15) is 19.4 Å². The van der Waals surface area contributed by atoms with Gasteiger partial charge in [0.1, 0.15) is 5.82 Å². The molecule has 0 saturated heterocycles. The van der Waals surface area contributed by atoms with Gasteiger partial charge in [0, 0.05) is 5.02 Å². The minimum absolute atomic E-state index is 0.346. The molecule has 0 aliphatic carbocycles. The maximum absolute atomic E-state index is 13.3. The van der Waals surface area contributed by atoms with Crippen molar-refractivity contribution < 1.29 is 4.39 Å². The van der Waals surface area contributed by atoms with Crippen molar-refractivity contribution in [2.75, 3.05) is 0 Å². The molecule has 0 aromatic heterocycles. The first-order valence-electron chi connectivity index (χ1n) is 4.30. The highest BCUT2D eigenvalue weighted by Crippen LogP contribution is 2.24. The molecule has 0 atom stereocenters. The van der Waals surface area contributed by atoms with Gasteiger partial charge in [-0.15, -0.1) is 0 Å². The molecular weight excluding hydrogens is 201 g/mol. The van der Waals surface area contributed by atoms with Crippen LogP contribution in [0.25, 0.3) is 0 Å². The Morgan fingerprint density at radius 2 is 2.14 bits per heavy atom. The molecule has 14 heavy (non-hydrogen) atoms. The van der Waals surface area contributed by atoms with Crippen molar-refractivity contribution in [3.63, 3.8) is 0 Å². The Bertz CT molecular complexity index is 379. The van der Waals surface area contributed by atoms with Crippen molar-refractivity contribution in [1.29, 1.82) is 5.26 Å². The fraction of sp³-hybridized carbons (Fsp3) is 0.364. The van der Waals surface area contributed by atoms with Gasteiger partial charge in [0.25, 0.3) is 0 Å². The van der Waals surface area contributed by atoms with Crippen molar-refractivity contribution in [2.24, 2.45) is 5.41 Å². The van der Waals surface area contributed by atoms with Gasteiger partial charge in [0.2, 0.25) is 0 Å². The third-order valence-electron chi connectivity index (χ3n) is 1.95. The normalized spacial score (nSPS) is 11.1. The molecule has 0 heterocycles. The minimum atomic E-state index is -0.547. The second kappa shape index (κ2) is 3.98. The molecule has 0 fully saturated rings. The third kappa shape index (κ3) is 2.71. The van der Waals surface area contributed by atoms with E-state index in [1.54, 1.807) is 26.0 Å². The average Bonchev–Trinajstić information content (AvgIpc) is 2.10. The fourth-order valence-corrected chi connectivity index (χ4v) is 1.34. The summed E-state index contributed by atoms with van der Waals surface area (Å²) >= 11 is 5.62. The number of nitriles is 1. The lowest BCUT2D eigenvalue weighted by Gasteiger charge is -2.15. The quantitative estimate of drug-likeness (QED) is 0.734. The fourth-order valence-electron chi connectivity index (χ4n) is 1.18. The molecule has 1 rings (SSSR count). The Kier molecular flexibility index (Phi) is 3.13. The third-order valence-corrected chi connectivity index (χ3v) is 2.19. The summed E-state index contributed by atoms with van der Waals surface area (Å²) in [5.74, 6) is -0.346. The van der Waals surface area contributed by atoms with Crippen LogP contribution >= 0.6 is 11.6 Å². The Morgan fingerprint density at radius 1 is 1.50 bits per heavy atom. The van der Waals surface area contributed by atoms with Gasteiger partial charge in [-0.1, -0.05) is 17.7 Å². The van der Waals surface area contributed by atoms with E-state index in [1.165, 1.54) is 6.07 Å². The summed E-state index contributed by atoms with van der Waals surface area (Å²) in [4.78, 5) is 0. The summed E-state index contributed by atoms with van der Waals surface area (Å²) in [5, 5.41) is 9.18. The van der Waals surface area contributed by atoms with Gasteiger partial charge in [-0.2, -0.15) is 5.26 Å². The highest BCUT2D eigenvalue weighted by atomic mass is 35.5. The van der Waals surface area contributed by atoms with Crippen molar-refractivity contribution in [1.82, 2.24) is 0 Å². The zero-order valence-electron chi connectivity index (χ0n) is 8.14. The van der Waals surface area contributed by atoms with E-state index in [0.29, 0.717) is 17.0 Å². The van der Waals surface area contributed by atoms with E-state index in [-0.39, 0.29) is 5.82 Å². The molecule has 3 heteroatoms. The molecule has 0 saturated carbocycles. The van der Waals surface area contributed by atoms with Crippen LogP contribution in [0.4, 0.5) is 4.39 Å². The number of benzene rings is 1. The van der Waals surface area contributed by atoms with Crippen molar-refractivity contribution in [3.8, 4) is 6.07 Å². The van der Waals surface area contributed by atoms with E-state index < -0.39 is 5.41 Å². The van der Waals surface area contributed by atoms with Crippen LogP contribution < -0.4 is 0 Å². The number of halogens is 2. The maximum atomic E-state index is 13.3. The lowest BCUT2D eigenvalue weighted by Crippen LogP contribution is -2.12. The second-order valence-electron chi connectivity index (χ2n) is 3.91. The van der Waals surface area contributed by atoms with Crippen molar-refractivity contribution >= 4 is 11.6 Å². The smallest absolute Gasteiger partial charge is 0.127 e. The van der Waals surface area contributed by atoms with E-state index in [1.807, 2.05) is 0 Å². The van der Waals surface area contributed by atoms with Gasteiger partial charge in [-0.25, -0.2) is 4.39 Å². The summed E-state index contributed by atoms with van der Waals surface area (Å²) in [6, 6.07) is 6.65. The largest absolute Gasteiger partial charge is 0.207 e. The minimum Gasteiger partial charge on any atom is -0.207 e. The molecule has 1 aromatic carbocycles. The van der Waals surface area contributed by atoms with Crippen LogP contribution in [0.5, 0.6) is 0 Å². The van der Waals surface area contributed by atoms with E-state index in [0.717, 1.165) is 0 Å². The first-order valence-corrected chi connectivity index (χ1v) is 4.67. The number of hydrogen-bond acceptors (Lipinski definition) is 1.